The van der Waals surface area contributed by atoms with Gasteiger partial charge in [0.15, 0.2) is 0 Å². The van der Waals surface area contributed by atoms with Crippen LogP contribution >= 0.6 is 11.8 Å². The van der Waals surface area contributed by atoms with Crippen LogP contribution in [-0.2, 0) is 14.4 Å². The third kappa shape index (κ3) is 3.75. The van der Waals surface area contributed by atoms with E-state index in [1.54, 1.807) is 21.6 Å². The number of ether oxygens (including phenoxy) is 1. The predicted octanol–water partition coefficient (Wildman–Crippen LogP) is 2.08. The van der Waals surface area contributed by atoms with E-state index < -0.39 is 22.6 Å². The fourth-order valence-corrected chi connectivity index (χ4v) is 8.09. The summed E-state index contributed by atoms with van der Waals surface area (Å²) in [4.78, 5) is 46.9. The van der Waals surface area contributed by atoms with Gasteiger partial charge in [-0.25, -0.2) is 0 Å². The molecule has 4 aliphatic heterocycles. The second kappa shape index (κ2) is 9.59. The van der Waals surface area contributed by atoms with Crippen LogP contribution in [0.4, 0.5) is 5.69 Å². The van der Waals surface area contributed by atoms with Crippen LogP contribution in [0.5, 0.6) is 5.75 Å². The largest absolute Gasteiger partial charge is 0.494 e. The first-order valence-corrected chi connectivity index (χ1v) is 13.5. The molecule has 0 radical (unpaired) electrons. The van der Waals surface area contributed by atoms with E-state index >= 15 is 0 Å². The number of anilines is 1. The van der Waals surface area contributed by atoms with E-state index in [1.807, 2.05) is 69.3 Å². The van der Waals surface area contributed by atoms with Gasteiger partial charge < -0.3 is 24.5 Å². The van der Waals surface area contributed by atoms with E-state index in [2.05, 4.69) is 0 Å². The number of benzene rings is 1. The lowest BCUT2D eigenvalue weighted by Crippen LogP contribution is -2.54. The second-order valence-electron chi connectivity index (χ2n) is 9.89. The highest BCUT2D eigenvalue weighted by molar-refractivity contribution is 8.02. The number of thioether (sulfide) groups is 1. The minimum absolute atomic E-state index is 0.0315. The van der Waals surface area contributed by atoms with Crippen LogP contribution < -0.4 is 9.64 Å². The van der Waals surface area contributed by atoms with E-state index in [0.29, 0.717) is 19.7 Å². The molecule has 5 rings (SSSR count). The van der Waals surface area contributed by atoms with Crippen molar-refractivity contribution >= 4 is 35.2 Å². The van der Waals surface area contributed by atoms with Gasteiger partial charge in [0.1, 0.15) is 11.8 Å². The number of aliphatic hydroxyl groups is 1. The van der Waals surface area contributed by atoms with Gasteiger partial charge in [-0.2, -0.15) is 0 Å². The number of likely N-dealkylation sites (tertiary alicyclic amines) is 1. The number of nitrogens with zero attached hydrogens (tertiary/aromatic N) is 3. The Hall–Kier alpha value is -2.78. The maximum atomic E-state index is 14.1. The number of amides is 3. The molecule has 0 saturated carbocycles. The molecular formula is C27H33N3O5S. The number of hydrogen-bond donors (Lipinski definition) is 1. The fourth-order valence-electron chi connectivity index (χ4n) is 6.09. The second-order valence-corrected chi connectivity index (χ2v) is 11.4. The van der Waals surface area contributed by atoms with Crippen molar-refractivity contribution in [2.45, 2.75) is 42.9 Å². The molecule has 9 heteroatoms. The zero-order valence-corrected chi connectivity index (χ0v) is 21.7. The van der Waals surface area contributed by atoms with Gasteiger partial charge in [0, 0.05) is 36.6 Å². The Morgan fingerprint density at radius 3 is 2.50 bits per heavy atom. The maximum absolute atomic E-state index is 14.1. The Morgan fingerprint density at radius 2 is 1.83 bits per heavy atom. The number of carbonyl (C=O) groups is 3. The summed E-state index contributed by atoms with van der Waals surface area (Å²) in [5, 5.41) is 9.55. The summed E-state index contributed by atoms with van der Waals surface area (Å²) < 4.78 is 4.69. The van der Waals surface area contributed by atoms with Crippen LogP contribution in [0.3, 0.4) is 0 Å². The smallest absolute Gasteiger partial charge is 0.247 e. The van der Waals surface area contributed by atoms with Gasteiger partial charge in [-0.15, -0.1) is 11.8 Å². The first-order chi connectivity index (χ1) is 17.3. The van der Waals surface area contributed by atoms with Gasteiger partial charge in [0.2, 0.25) is 17.7 Å². The molecule has 192 valence electrons. The minimum Gasteiger partial charge on any atom is -0.494 e. The molecule has 2 saturated heterocycles. The molecule has 1 spiro atoms. The molecule has 5 atom stereocenters. The van der Waals surface area contributed by atoms with E-state index in [9.17, 15) is 19.5 Å². The number of fused-ring (bicyclic) bond motifs is 2. The number of hydrogen-bond acceptors (Lipinski definition) is 6. The molecule has 36 heavy (non-hydrogen) atoms. The minimum atomic E-state index is -0.857. The van der Waals surface area contributed by atoms with Gasteiger partial charge in [0.25, 0.3) is 0 Å². The van der Waals surface area contributed by atoms with Crippen molar-refractivity contribution in [3.63, 3.8) is 0 Å². The van der Waals surface area contributed by atoms with Crippen molar-refractivity contribution in [3.05, 3.63) is 48.6 Å². The SMILES string of the molecule is CCOc1ccc(N2CC=C[C@@H]3S[C@]45C=CCN(C(C)C)C(=O)C4N(CCO)C(=O)[C@@H]5[C@@H]3C2=O)cc1. The van der Waals surface area contributed by atoms with Gasteiger partial charge in [-0.1, -0.05) is 24.3 Å². The molecule has 1 aromatic carbocycles. The molecule has 4 heterocycles. The van der Waals surface area contributed by atoms with Crippen LogP contribution in [0.15, 0.2) is 48.6 Å². The molecule has 0 bridgehead atoms. The standard InChI is InChI=1S/C27H33N3O5S/c1-4-35-19-10-8-18(9-11-19)29-13-5-7-20-21(24(29)32)22-25(33)30(15-16-31)23-26(34)28(17(2)3)14-6-12-27(22,23)36-20/h5-12,17,20-23,31H,4,13-16H2,1-3H3/t20-,21+,22-,23?,27-/m0/s1. The highest BCUT2D eigenvalue weighted by atomic mass is 32.2. The zero-order chi connectivity index (χ0) is 25.6. The summed E-state index contributed by atoms with van der Waals surface area (Å²) in [6.07, 6.45) is 7.98. The van der Waals surface area contributed by atoms with Crippen molar-refractivity contribution in [2.75, 3.05) is 37.7 Å². The number of carbonyl (C=O) groups excluding carboxylic acids is 3. The number of aliphatic hydroxyl groups excluding tert-OH is 1. The average Bonchev–Trinajstić information content (AvgIpc) is 3.15. The fraction of sp³-hybridized carbons (Fsp3) is 0.519. The first kappa shape index (κ1) is 24.9. The molecule has 0 aliphatic carbocycles. The summed E-state index contributed by atoms with van der Waals surface area (Å²) in [5.74, 6) is -1.03. The van der Waals surface area contributed by atoms with E-state index in [4.69, 9.17) is 4.74 Å². The van der Waals surface area contributed by atoms with Gasteiger partial charge >= 0.3 is 0 Å². The average molecular weight is 512 g/mol. The molecular weight excluding hydrogens is 478 g/mol. The molecule has 1 N–H and O–H groups in total. The third-order valence-electron chi connectivity index (χ3n) is 7.61. The topological polar surface area (TPSA) is 90.4 Å². The quantitative estimate of drug-likeness (QED) is 0.589. The first-order valence-electron chi connectivity index (χ1n) is 12.6. The van der Waals surface area contributed by atoms with E-state index in [0.717, 1.165) is 11.4 Å². The van der Waals surface area contributed by atoms with Crippen molar-refractivity contribution in [3.8, 4) is 5.75 Å². The van der Waals surface area contributed by atoms with Crippen molar-refractivity contribution in [1.29, 1.82) is 0 Å². The van der Waals surface area contributed by atoms with Gasteiger partial charge in [0.05, 0.1) is 29.8 Å². The van der Waals surface area contributed by atoms with Crippen LogP contribution in [0.2, 0.25) is 0 Å². The van der Waals surface area contributed by atoms with Crippen molar-refractivity contribution < 1.29 is 24.2 Å². The van der Waals surface area contributed by atoms with Crippen LogP contribution in [0, 0.1) is 11.8 Å². The molecule has 1 aromatic rings. The Balaban J connectivity index is 1.55. The molecule has 8 nitrogen and oxygen atoms in total. The van der Waals surface area contributed by atoms with Crippen LogP contribution in [0.25, 0.3) is 0 Å². The lowest BCUT2D eigenvalue weighted by atomic mass is 9.78. The normalized spacial score (nSPS) is 31.5. The van der Waals surface area contributed by atoms with Gasteiger partial charge in [-0.3, -0.25) is 14.4 Å². The molecule has 1 unspecified atom stereocenters. The summed E-state index contributed by atoms with van der Waals surface area (Å²) in [6, 6.07) is 6.63. The Bertz CT molecular complexity index is 1100. The zero-order valence-electron chi connectivity index (χ0n) is 20.9. The maximum Gasteiger partial charge on any atom is 0.247 e. The van der Waals surface area contributed by atoms with Crippen LogP contribution in [0.1, 0.15) is 20.8 Å². The van der Waals surface area contributed by atoms with E-state index in [-0.39, 0.29) is 42.2 Å². The molecule has 3 amide bonds. The van der Waals surface area contributed by atoms with Crippen molar-refractivity contribution in [1.82, 2.24) is 9.80 Å². The predicted molar refractivity (Wildman–Crippen MR) is 139 cm³/mol. The van der Waals surface area contributed by atoms with Crippen molar-refractivity contribution in [2.24, 2.45) is 11.8 Å². The Morgan fingerprint density at radius 1 is 1.08 bits per heavy atom. The number of β-amino-alcohol motifs (C(OH)–C–C–N with tert-alkyl or cyclic N) is 1. The third-order valence-corrected chi connectivity index (χ3v) is 9.36. The van der Waals surface area contributed by atoms with E-state index in [1.165, 1.54) is 4.90 Å². The lowest BCUT2D eigenvalue weighted by Gasteiger charge is -2.36. The molecule has 2 fully saturated rings. The highest BCUT2D eigenvalue weighted by Gasteiger charge is 2.71. The lowest BCUT2D eigenvalue weighted by molar-refractivity contribution is -0.143. The summed E-state index contributed by atoms with van der Waals surface area (Å²) in [6.45, 7) is 7.09. The Kier molecular flexibility index (Phi) is 6.63. The highest BCUT2D eigenvalue weighted by Crippen LogP contribution is 2.61. The number of rotatable bonds is 6. The molecule has 4 aliphatic rings. The molecule has 0 aromatic heterocycles. The van der Waals surface area contributed by atoms with Gasteiger partial charge in [-0.05, 0) is 45.0 Å². The summed E-state index contributed by atoms with van der Waals surface area (Å²) >= 11 is 1.55. The summed E-state index contributed by atoms with van der Waals surface area (Å²) in [7, 11) is 0. The monoisotopic (exact) mass is 511 g/mol. The Labute approximate surface area is 215 Å². The van der Waals surface area contributed by atoms with Crippen LogP contribution in [-0.4, -0.2) is 87.6 Å². The summed E-state index contributed by atoms with van der Waals surface area (Å²) in [5.41, 5.74) is 0.743.